The molecule has 0 spiro atoms. The zero-order chi connectivity index (χ0) is 14.5. The maximum Gasteiger partial charge on any atom is 0.211 e. The Balaban J connectivity index is 0.000000704. The molecule has 0 aliphatic heterocycles. The van der Waals surface area contributed by atoms with Gasteiger partial charge in [-0.15, -0.1) is 0 Å². The minimum atomic E-state index is 0.654. The molecule has 0 bridgehead atoms. The number of carbonyl (C=O) groups is 1. The van der Waals surface area contributed by atoms with E-state index < -0.39 is 0 Å². The molecule has 0 saturated heterocycles. The van der Waals surface area contributed by atoms with Crippen molar-refractivity contribution >= 4 is 23.0 Å². The van der Waals surface area contributed by atoms with Crippen LogP contribution in [0.4, 0.5) is 5.69 Å². The van der Waals surface area contributed by atoms with Crippen LogP contribution in [0, 0.1) is 0 Å². The lowest BCUT2D eigenvalue weighted by Crippen LogP contribution is -1.92. The highest BCUT2D eigenvalue weighted by atomic mass is 16.1. The molecule has 0 aliphatic carbocycles. The van der Waals surface area contributed by atoms with Gasteiger partial charge in [0.25, 0.3) is 0 Å². The molecule has 1 amide bonds. The van der Waals surface area contributed by atoms with Gasteiger partial charge < -0.3 is 5.32 Å². The zero-order valence-corrected chi connectivity index (χ0v) is 11.7. The highest BCUT2D eigenvalue weighted by Gasteiger charge is 2.10. The number of hydrogen-bond acceptors (Lipinski definition) is 3. The number of H-pyrrole nitrogens is 1. The summed E-state index contributed by atoms with van der Waals surface area (Å²) in [6.07, 6.45) is 2.52. The van der Waals surface area contributed by atoms with Crippen LogP contribution in [-0.2, 0) is 11.8 Å². The number of nitrogens with zero attached hydrogens (tertiary/aromatic N) is 3. The summed E-state index contributed by atoms with van der Waals surface area (Å²) in [5.41, 5.74) is 3.22. The van der Waals surface area contributed by atoms with Crippen LogP contribution >= 0.6 is 0 Å². The predicted octanol–water partition coefficient (Wildman–Crippen LogP) is 2.56. The van der Waals surface area contributed by atoms with E-state index in [2.05, 4.69) is 20.6 Å². The number of benzene rings is 1. The molecule has 2 N–H and O–H groups in total. The van der Waals surface area contributed by atoms with Gasteiger partial charge in [0.1, 0.15) is 11.4 Å². The summed E-state index contributed by atoms with van der Waals surface area (Å²) in [7, 11) is 1.86. The van der Waals surface area contributed by atoms with Crippen LogP contribution in [-0.4, -0.2) is 26.4 Å². The van der Waals surface area contributed by atoms with Gasteiger partial charge in [0.2, 0.25) is 6.41 Å². The molecule has 2 heterocycles. The molecule has 3 aromatic rings. The number of aromatic nitrogens is 4. The van der Waals surface area contributed by atoms with Crippen LogP contribution in [0.3, 0.4) is 0 Å². The molecule has 6 heteroatoms. The number of aromatic amines is 1. The number of aryl methyl sites for hydroxylation is 1. The van der Waals surface area contributed by atoms with Crippen molar-refractivity contribution in [2.45, 2.75) is 13.8 Å². The standard InChI is InChI=1S/C12H11N5O.C2H6/c1-17-5-4-11(16-17)12-9-6-8(13-7-18)2-3-10(9)14-15-12;1-2/h2-7H,1H3,(H,13,18)(H,14,15);1-2H3. The monoisotopic (exact) mass is 271 g/mol. The number of nitrogens with one attached hydrogen (secondary N) is 2. The Morgan fingerprint density at radius 2 is 2.10 bits per heavy atom. The smallest absolute Gasteiger partial charge is 0.211 e. The van der Waals surface area contributed by atoms with E-state index in [0.29, 0.717) is 6.41 Å². The van der Waals surface area contributed by atoms with E-state index >= 15 is 0 Å². The molecule has 20 heavy (non-hydrogen) atoms. The fraction of sp³-hybridized carbons (Fsp3) is 0.214. The lowest BCUT2D eigenvalue weighted by Gasteiger charge is -1.98. The average molecular weight is 271 g/mol. The SMILES string of the molecule is CC.Cn1ccc(-c2n[nH]c3ccc(NC=O)cc23)n1. The van der Waals surface area contributed by atoms with Gasteiger partial charge in [0.05, 0.1) is 5.52 Å². The van der Waals surface area contributed by atoms with Gasteiger partial charge in [0.15, 0.2) is 0 Å². The van der Waals surface area contributed by atoms with E-state index in [1.165, 1.54) is 0 Å². The third-order valence-electron chi connectivity index (χ3n) is 2.74. The Labute approximate surface area is 116 Å². The number of fused-ring (bicyclic) bond motifs is 1. The topological polar surface area (TPSA) is 75.6 Å². The maximum atomic E-state index is 10.5. The molecule has 0 atom stereocenters. The van der Waals surface area contributed by atoms with E-state index in [-0.39, 0.29) is 0 Å². The molecule has 1 aromatic carbocycles. The van der Waals surface area contributed by atoms with E-state index in [9.17, 15) is 4.79 Å². The first kappa shape index (κ1) is 13.8. The molecule has 0 radical (unpaired) electrons. The summed E-state index contributed by atoms with van der Waals surface area (Å²) >= 11 is 0. The summed E-state index contributed by atoms with van der Waals surface area (Å²) in [6.45, 7) is 4.00. The van der Waals surface area contributed by atoms with Crippen molar-refractivity contribution in [3.63, 3.8) is 0 Å². The summed E-state index contributed by atoms with van der Waals surface area (Å²) in [5, 5.41) is 15.1. The molecule has 0 aliphatic rings. The van der Waals surface area contributed by atoms with Gasteiger partial charge in [-0.25, -0.2) is 0 Å². The van der Waals surface area contributed by atoms with Crippen molar-refractivity contribution < 1.29 is 4.79 Å². The van der Waals surface area contributed by atoms with Gasteiger partial charge >= 0.3 is 0 Å². The Morgan fingerprint density at radius 1 is 1.30 bits per heavy atom. The summed E-state index contributed by atoms with van der Waals surface area (Å²) in [6, 6.07) is 7.46. The van der Waals surface area contributed by atoms with Crippen molar-refractivity contribution in [3.8, 4) is 11.4 Å². The molecular formula is C14H17N5O. The second kappa shape index (κ2) is 6.01. The first-order chi connectivity index (χ1) is 9.78. The van der Waals surface area contributed by atoms with E-state index in [1.807, 2.05) is 51.4 Å². The first-order valence-electron chi connectivity index (χ1n) is 6.46. The van der Waals surface area contributed by atoms with Gasteiger partial charge in [-0.2, -0.15) is 10.2 Å². The van der Waals surface area contributed by atoms with Crippen molar-refractivity contribution in [2.24, 2.45) is 7.05 Å². The molecule has 2 aromatic heterocycles. The van der Waals surface area contributed by atoms with Crippen molar-refractivity contribution in [1.82, 2.24) is 20.0 Å². The highest BCUT2D eigenvalue weighted by molar-refractivity contribution is 5.95. The highest BCUT2D eigenvalue weighted by Crippen LogP contribution is 2.27. The van der Waals surface area contributed by atoms with Crippen LogP contribution in [0.15, 0.2) is 30.5 Å². The molecule has 0 saturated carbocycles. The zero-order valence-electron chi connectivity index (χ0n) is 11.7. The van der Waals surface area contributed by atoms with Crippen LogP contribution in [0.1, 0.15) is 13.8 Å². The summed E-state index contributed by atoms with van der Waals surface area (Å²) in [5.74, 6) is 0. The molecule has 0 fully saturated rings. The fourth-order valence-corrected chi connectivity index (χ4v) is 1.91. The number of hydrogen-bond donors (Lipinski definition) is 2. The van der Waals surface area contributed by atoms with Crippen molar-refractivity contribution in [2.75, 3.05) is 5.32 Å². The minimum absolute atomic E-state index is 0.654. The van der Waals surface area contributed by atoms with Crippen molar-refractivity contribution in [1.29, 1.82) is 0 Å². The Hall–Kier alpha value is -2.63. The maximum absolute atomic E-state index is 10.5. The van der Waals surface area contributed by atoms with Crippen molar-refractivity contribution in [3.05, 3.63) is 30.5 Å². The quantitative estimate of drug-likeness (QED) is 0.719. The lowest BCUT2D eigenvalue weighted by atomic mass is 10.1. The number of rotatable bonds is 3. The van der Waals surface area contributed by atoms with Gasteiger partial charge in [-0.1, -0.05) is 13.8 Å². The Morgan fingerprint density at radius 3 is 2.75 bits per heavy atom. The second-order valence-corrected chi connectivity index (χ2v) is 3.97. The number of amides is 1. The summed E-state index contributed by atoms with van der Waals surface area (Å²) in [4.78, 5) is 10.5. The third-order valence-corrected chi connectivity index (χ3v) is 2.74. The normalized spacial score (nSPS) is 9.95. The van der Waals surface area contributed by atoms with Crippen LogP contribution in [0.25, 0.3) is 22.3 Å². The third kappa shape index (κ3) is 2.54. The lowest BCUT2D eigenvalue weighted by molar-refractivity contribution is -0.105. The predicted molar refractivity (Wildman–Crippen MR) is 79.3 cm³/mol. The van der Waals surface area contributed by atoms with E-state index in [0.717, 1.165) is 28.0 Å². The number of carbonyl (C=O) groups excluding carboxylic acids is 1. The Bertz CT molecular complexity index is 713. The van der Waals surface area contributed by atoms with E-state index in [4.69, 9.17) is 0 Å². The largest absolute Gasteiger partial charge is 0.329 e. The molecule has 104 valence electrons. The van der Waals surface area contributed by atoms with Gasteiger partial charge in [-0.3, -0.25) is 14.6 Å². The van der Waals surface area contributed by atoms with Gasteiger partial charge in [-0.05, 0) is 24.3 Å². The molecule has 0 unspecified atom stereocenters. The van der Waals surface area contributed by atoms with Crippen LogP contribution in [0.5, 0.6) is 0 Å². The number of anilines is 1. The minimum Gasteiger partial charge on any atom is -0.329 e. The fourth-order valence-electron chi connectivity index (χ4n) is 1.91. The van der Waals surface area contributed by atoms with Crippen LogP contribution in [0.2, 0.25) is 0 Å². The summed E-state index contributed by atoms with van der Waals surface area (Å²) < 4.78 is 1.73. The molecule has 6 nitrogen and oxygen atoms in total. The second-order valence-electron chi connectivity index (χ2n) is 3.97. The Kier molecular flexibility index (Phi) is 4.14. The van der Waals surface area contributed by atoms with E-state index in [1.54, 1.807) is 4.68 Å². The molecular weight excluding hydrogens is 254 g/mol. The molecule has 3 rings (SSSR count). The van der Waals surface area contributed by atoms with Crippen LogP contribution < -0.4 is 5.32 Å². The average Bonchev–Trinajstić information content (AvgIpc) is 3.07. The first-order valence-corrected chi connectivity index (χ1v) is 6.46. The van der Waals surface area contributed by atoms with Gasteiger partial charge in [0, 0.05) is 24.3 Å².